The minimum Gasteiger partial charge on any atom is -0.406 e. The van der Waals surface area contributed by atoms with Crippen LogP contribution in [0.25, 0.3) is 0 Å². The quantitative estimate of drug-likeness (QED) is 0.316. The summed E-state index contributed by atoms with van der Waals surface area (Å²) in [5.74, 6) is -0.0269. The number of ether oxygens (including phenoxy) is 2. The number of halogens is 3. The second-order valence-corrected chi connectivity index (χ2v) is 4.51. The molecule has 0 spiro atoms. The van der Waals surface area contributed by atoms with Crippen LogP contribution in [0.2, 0.25) is 0 Å². The molecule has 0 aliphatic rings. The zero-order valence-corrected chi connectivity index (χ0v) is 12.6. The Morgan fingerprint density at radius 2 is 1.96 bits per heavy atom. The van der Waals surface area contributed by atoms with Gasteiger partial charge in [0.05, 0.1) is 19.8 Å². The van der Waals surface area contributed by atoms with Crippen LogP contribution in [-0.4, -0.2) is 32.1 Å². The maximum absolute atomic E-state index is 12.0. The van der Waals surface area contributed by atoms with E-state index in [4.69, 9.17) is 10.5 Å². The molecule has 0 atom stereocenters. The average molecular weight is 331 g/mol. The molecule has 0 fully saturated rings. The summed E-state index contributed by atoms with van der Waals surface area (Å²) >= 11 is 0. The zero-order chi connectivity index (χ0) is 17.1. The van der Waals surface area contributed by atoms with Gasteiger partial charge in [-0.2, -0.15) is 0 Å². The molecule has 3 N–H and O–H groups in total. The Balaban J connectivity index is 2.31. The predicted octanol–water partition coefficient (Wildman–Crippen LogP) is 2.58. The maximum Gasteiger partial charge on any atom is 0.573 e. The normalized spacial score (nSPS) is 12.0. The van der Waals surface area contributed by atoms with Gasteiger partial charge in [0.1, 0.15) is 5.75 Å². The molecule has 128 valence electrons. The molecule has 0 unspecified atom stereocenters. The summed E-state index contributed by atoms with van der Waals surface area (Å²) in [5, 5.41) is 2.88. The second kappa shape index (κ2) is 9.73. The molecule has 0 bridgehead atoms. The number of nitrogens with two attached hydrogens (primary N) is 1. The van der Waals surface area contributed by atoms with E-state index in [1.54, 1.807) is 6.08 Å². The molecule has 0 amide bonds. The van der Waals surface area contributed by atoms with Crippen molar-refractivity contribution in [1.29, 1.82) is 0 Å². The van der Waals surface area contributed by atoms with E-state index in [-0.39, 0.29) is 18.3 Å². The van der Waals surface area contributed by atoms with Gasteiger partial charge < -0.3 is 20.5 Å². The first-order chi connectivity index (χ1) is 10.9. The molecule has 23 heavy (non-hydrogen) atoms. The summed E-state index contributed by atoms with van der Waals surface area (Å²) in [7, 11) is 0. The largest absolute Gasteiger partial charge is 0.573 e. The van der Waals surface area contributed by atoms with E-state index in [0.29, 0.717) is 25.3 Å². The molecular weight excluding hydrogens is 311 g/mol. The van der Waals surface area contributed by atoms with Gasteiger partial charge in [-0.15, -0.1) is 19.8 Å². The lowest BCUT2D eigenvalue weighted by Crippen LogP contribution is -2.34. The molecule has 5 nitrogen and oxygen atoms in total. The predicted molar refractivity (Wildman–Crippen MR) is 82.1 cm³/mol. The van der Waals surface area contributed by atoms with Crippen LogP contribution in [0.4, 0.5) is 13.2 Å². The molecule has 1 aromatic carbocycles. The third kappa shape index (κ3) is 9.41. The maximum atomic E-state index is 12.0. The third-order valence-electron chi connectivity index (χ3n) is 2.61. The van der Waals surface area contributed by atoms with E-state index < -0.39 is 6.36 Å². The minimum atomic E-state index is -4.69. The summed E-state index contributed by atoms with van der Waals surface area (Å²) in [6.07, 6.45) is -2.13. The Bertz CT molecular complexity index is 502. The lowest BCUT2D eigenvalue weighted by Gasteiger charge is -2.09. The number of rotatable bonds is 9. The van der Waals surface area contributed by atoms with Crippen molar-refractivity contribution in [3.63, 3.8) is 0 Å². The standard InChI is InChI=1S/C15H20F3N3O2/c1-2-3-9-22-10-8-20-14(19)21-11-12-4-6-13(7-5-12)23-15(16,17)18/h2,4-7H,1,3,8-11H2,(H3,19,20,21). The minimum absolute atomic E-state index is 0.243. The molecule has 8 heteroatoms. The van der Waals surface area contributed by atoms with Crippen molar-refractivity contribution in [2.45, 2.75) is 19.3 Å². The molecule has 0 radical (unpaired) electrons. The van der Waals surface area contributed by atoms with Crippen LogP contribution in [0.15, 0.2) is 41.9 Å². The van der Waals surface area contributed by atoms with Crippen LogP contribution in [0.5, 0.6) is 5.75 Å². The first-order valence-electron chi connectivity index (χ1n) is 6.98. The Kier molecular flexibility index (Phi) is 7.96. The van der Waals surface area contributed by atoms with Crippen molar-refractivity contribution in [2.75, 3.05) is 19.8 Å². The van der Waals surface area contributed by atoms with Gasteiger partial charge in [0, 0.05) is 6.54 Å². The molecule has 0 aromatic heterocycles. The number of aliphatic imine (C=N–C) groups is 1. The first kappa shape index (κ1) is 18.8. The third-order valence-corrected chi connectivity index (χ3v) is 2.61. The smallest absolute Gasteiger partial charge is 0.406 e. The van der Waals surface area contributed by atoms with E-state index in [1.807, 2.05) is 0 Å². The second-order valence-electron chi connectivity index (χ2n) is 4.51. The fourth-order valence-electron chi connectivity index (χ4n) is 1.55. The monoisotopic (exact) mass is 331 g/mol. The molecule has 0 aliphatic heterocycles. The summed E-state index contributed by atoms with van der Waals surface area (Å²) in [6, 6.07) is 5.46. The van der Waals surface area contributed by atoms with Gasteiger partial charge >= 0.3 is 6.36 Å². The number of hydrogen-bond donors (Lipinski definition) is 2. The lowest BCUT2D eigenvalue weighted by molar-refractivity contribution is -0.274. The Morgan fingerprint density at radius 1 is 1.26 bits per heavy atom. The van der Waals surface area contributed by atoms with Gasteiger partial charge in [0.2, 0.25) is 0 Å². The van der Waals surface area contributed by atoms with E-state index in [1.165, 1.54) is 24.3 Å². The summed E-state index contributed by atoms with van der Waals surface area (Å²) in [4.78, 5) is 4.08. The molecule has 0 saturated carbocycles. The van der Waals surface area contributed by atoms with Crippen molar-refractivity contribution in [2.24, 2.45) is 10.7 Å². The van der Waals surface area contributed by atoms with Crippen molar-refractivity contribution in [3.05, 3.63) is 42.5 Å². The van der Waals surface area contributed by atoms with Crippen molar-refractivity contribution < 1.29 is 22.6 Å². The number of guanidine groups is 1. The van der Waals surface area contributed by atoms with Gasteiger partial charge in [-0.1, -0.05) is 18.2 Å². The topological polar surface area (TPSA) is 68.9 Å². The van der Waals surface area contributed by atoms with E-state index in [0.717, 1.165) is 6.42 Å². The van der Waals surface area contributed by atoms with Crippen molar-refractivity contribution >= 4 is 5.96 Å². The van der Waals surface area contributed by atoms with E-state index in [9.17, 15) is 13.2 Å². The van der Waals surface area contributed by atoms with Gasteiger partial charge in [-0.05, 0) is 24.1 Å². The molecule has 0 heterocycles. The summed E-state index contributed by atoms with van der Waals surface area (Å²) in [6.45, 7) is 5.45. The molecular formula is C15H20F3N3O2. The van der Waals surface area contributed by atoms with Gasteiger partial charge in [-0.3, -0.25) is 0 Å². The lowest BCUT2D eigenvalue weighted by atomic mass is 10.2. The summed E-state index contributed by atoms with van der Waals surface area (Å²) in [5.41, 5.74) is 6.38. The van der Waals surface area contributed by atoms with Crippen LogP contribution >= 0.6 is 0 Å². The highest BCUT2D eigenvalue weighted by atomic mass is 19.4. The number of benzene rings is 1. The van der Waals surface area contributed by atoms with Gasteiger partial charge in [-0.25, -0.2) is 4.99 Å². The van der Waals surface area contributed by atoms with Gasteiger partial charge in [0.25, 0.3) is 0 Å². The summed E-state index contributed by atoms with van der Waals surface area (Å²) < 4.78 is 45.2. The number of nitrogens with zero attached hydrogens (tertiary/aromatic N) is 1. The Hall–Kier alpha value is -2.22. The Morgan fingerprint density at radius 3 is 2.57 bits per heavy atom. The highest BCUT2D eigenvalue weighted by Gasteiger charge is 2.30. The van der Waals surface area contributed by atoms with Crippen molar-refractivity contribution in [3.8, 4) is 5.75 Å². The first-order valence-corrected chi connectivity index (χ1v) is 6.98. The number of alkyl halides is 3. The number of nitrogens with one attached hydrogen (secondary N) is 1. The highest BCUT2D eigenvalue weighted by Crippen LogP contribution is 2.22. The molecule has 0 saturated heterocycles. The van der Waals surface area contributed by atoms with E-state index >= 15 is 0 Å². The molecule has 0 aliphatic carbocycles. The van der Waals surface area contributed by atoms with Crippen LogP contribution in [-0.2, 0) is 11.3 Å². The van der Waals surface area contributed by atoms with Crippen LogP contribution in [0.3, 0.4) is 0 Å². The zero-order valence-electron chi connectivity index (χ0n) is 12.6. The number of hydrogen-bond acceptors (Lipinski definition) is 3. The average Bonchev–Trinajstić information content (AvgIpc) is 2.48. The van der Waals surface area contributed by atoms with Crippen LogP contribution in [0.1, 0.15) is 12.0 Å². The highest BCUT2D eigenvalue weighted by molar-refractivity contribution is 5.77. The molecule has 1 aromatic rings. The fraction of sp³-hybridized carbons (Fsp3) is 0.400. The van der Waals surface area contributed by atoms with Crippen molar-refractivity contribution in [1.82, 2.24) is 5.32 Å². The van der Waals surface area contributed by atoms with Gasteiger partial charge in [0.15, 0.2) is 5.96 Å². The van der Waals surface area contributed by atoms with E-state index in [2.05, 4.69) is 21.6 Å². The van der Waals surface area contributed by atoms with Crippen LogP contribution in [0, 0.1) is 0 Å². The fourth-order valence-corrected chi connectivity index (χ4v) is 1.55. The molecule has 1 rings (SSSR count). The Labute approximate surface area is 133 Å². The SMILES string of the molecule is C=CCCOCCNC(N)=NCc1ccc(OC(F)(F)F)cc1. The van der Waals surface area contributed by atoms with Crippen LogP contribution < -0.4 is 15.8 Å².